The molecule has 0 rings (SSSR count). The van der Waals surface area contributed by atoms with Gasteiger partial charge in [-0.05, 0) is 6.42 Å². The fourth-order valence-corrected chi connectivity index (χ4v) is 2.15. The standard InChI is InChI=1S/C12H17F4N3O6S/c13-11(14)12(15,16)26-4-6(9(23)18-3-8(21)22)19-7(20)2-1-5(17)10(24)25/h5-6,11H,1-4,17H2,(H,18,23)(H,19,20)(H,21,22)(H,24,25)/t5-,6-/m0/s1. The van der Waals surface area contributed by atoms with Gasteiger partial charge >= 0.3 is 23.6 Å². The highest BCUT2D eigenvalue weighted by Crippen LogP contribution is 2.35. The van der Waals surface area contributed by atoms with Crippen LogP contribution in [-0.4, -0.2) is 70.0 Å². The number of rotatable bonds is 12. The zero-order valence-electron chi connectivity index (χ0n) is 13.1. The second-order valence-electron chi connectivity index (χ2n) is 4.89. The number of aliphatic carboxylic acids is 2. The molecule has 0 radical (unpaired) electrons. The summed E-state index contributed by atoms with van der Waals surface area (Å²) in [5.74, 6) is -5.94. The van der Waals surface area contributed by atoms with Crippen LogP contribution in [0.5, 0.6) is 0 Å². The van der Waals surface area contributed by atoms with Gasteiger partial charge in [0.25, 0.3) is 0 Å². The van der Waals surface area contributed by atoms with Crippen LogP contribution in [0, 0.1) is 0 Å². The minimum Gasteiger partial charge on any atom is -0.480 e. The molecule has 9 nitrogen and oxygen atoms in total. The summed E-state index contributed by atoms with van der Waals surface area (Å²) < 4.78 is 50.2. The molecule has 0 spiro atoms. The van der Waals surface area contributed by atoms with Crippen LogP contribution in [0.2, 0.25) is 0 Å². The molecule has 2 amide bonds. The molecule has 150 valence electrons. The first-order valence-corrected chi connectivity index (χ1v) is 7.92. The van der Waals surface area contributed by atoms with Gasteiger partial charge < -0.3 is 26.6 Å². The smallest absolute Gasteiger partial charge is 0.353 e. The largest absolute Gasteiger partial charge is 0.480 e. The van der Waals surface area contributed by atoms with Crippen molar-refractivity contribution in [1.82, 2.24) is 10.6 Å². The summed E-state index contributed by atoms with van der Waals surface area (Å²) in [6.45, 7) is -0.884. The Hall–Kier alpha value is -2.09. The van der Waals surface area contributed by atoms with Crippen molar-refractivity contribution in [2.45, 2.75) is 36.6 Å². The third kappa shape index (κ3) is 9.41. The lowest BCUT2D eigenvalue weighted by Gasteiger charge is -2.21. The Morgan fingerprint density at radius 1 is 1.15 bits per heavy atom. The Morgan fingerprint density at radius 2 is 1.73 bits per heavy atom. The van der Waals surface area contributed by atoms with E-state index in [2.05, 4.69) is 0 Å². The van der Waals surface area contributed by atoms with Crippen LogP contribution in [0.15, 0.2) is 0 Å². The molecule has 0 bridgehead atoms. The Bertz CT molecular complexity index is 537. The summed E-state index contributed by atoms with van der Waals surface area (Å²) in [6, 6.07) is -3.12. The summed E-state index contributed by atoms with van der Waals surface area (Å²) in [5, 5.41) is 16.3. The zero-order chi connectivity index (χ0) is 20.5. The number of hydrogen-bond donors (Lipinski definition) is 5. The van der Waals surface area contributed by atoms with Crippen LogP contribution >= 0.6 is 11.8 Å². The van der Waals surface area contributed by atoms with Gasteiger partial charge in [0.05, 0.1) is 0 Å². The minimum absolute atomic E-state index is 0.328. The molecule has 0 aromatic heterocycles. The monoisotopic (exact) mass is 407 g/mol. The Balaban J connectivity index is 4.85. The topological polar surface area (TPSA) is 159 Å². The molecule has 26 heavy (non-hydrogen) atoms. The van der Waals surface area contributed by atoms with E-state index in [4.69, 9.17) is 15.9 Å². The van der Waals surface area contributed by atoms with Crippen LogP contribution in [-0.2, 0) is 19.2 Å². The normalized spacial score (nSPS) is 13.8. The molecule has 2 atom stereocenters. The van der Waals surface area contributed by atoms with Gasteiger partial charge in [0.1, 0.15) is 18.6 Å². The van der Waals surface area contributed by atoms with Crippen LogP contribution in [0.25, 0.3) is 0 Å². The Morgan fingerprint density at radius 3 is 2.19 bits per heavy atom. The number of carboxylic acids is 2. The highest BCUT2D eigenvalue weighted by atomic mass is 32.2. The van der Waals surface area contributed by atoms with Gasteiger partial charge in [-0.25, -0.2) is 8.78 Å². The predicted molar refractivity (Wildman–Crippen MR) is 80.8 cm³/mol. The molecule has 0 fully saturated rings. The van der Waals surface area contributed by atoms with E-state index >= 15 is 0 Å². The lowest BCUT2D eigenvalue weighted by atomic mass is 10.1. The lowest BCUT2D eigenvalue weighted by Crippen LogP contribution is -2.50. The molecule has 0 aliphatic rings. The maximum absolute atomic E-state index is 13.0. The molecule has 14 heteroatoms. The highest BCUT2D eigenvalue weighted by Gasteiger charge is 2.42. The van der Waals surface area contributed by atoms with Crippen molar-refractivity contribution in [3.05, 3.63) is 0 Å². The van der Waals surface area contributed by atoms with Crippen molar-refractivity contribution >= 4 is 35.5 Å². The predicted octanol–water partition coefficient (Wildman–Crippen LogP) is -0.545. The van der Waals surface area contributed by atoms with E-state index in [0.717, 1.165) is 0 Å². The molecule has 0 unspecified atom stereocenters. The Labute approximate surface area is 148 Å². The molecule has 0 aromatic rings. The molecule has 0 aromatic carbocycles. The van der Waals surface area contributed by atoms with Crippen LogP contribution in [0.1, 0.15) is 12.8 Å². The van der Waals surface area contributed by atoms with E-state index in [1.165, 1.54) is 0 Å². The second-order valence-corrected chi connectivity index (χ2v) is 6.05. The van der Waals surface area contributed by atoms with E-state index in [9.17, 15) is 36.7 Å². The minimum atomic E-state index is -4.48. The first-order chi connectivity index (χ1) is 11.9. The number of carboxylic acid groups (broad SMARTS) is 2. The second kappa shape index (κ2) is 10.8. The molecule has 0 saturated heterocycles. The number of amides is 2. The van der Waals surface area contributed by atoms with E-state index in [1.54, 1.807) is 0 Å². The zero-order valence-corrected chi connectivity index (χ0v) is 13.9. The molecule has 0 heterocycles. The summed E-state index contributed by atoms with van der Waals surface area (Å²) in [6.07, 6.45) is -4.82. The summed E-state index contributed by atoms with van der Waals surface area (Å²) in [7, 11) is 0. The van der Waals surface area contributed by atoms with Crippen molar-refractivity contribution in [3.63, 3.8) is 0 Å². The van der Waals surface area contributed by atoms with Gasteiger partial charge in [-0.1, -0.05) is 11.8 Å². The first-order valence-electron chi connectivity index (χ1n) is 6.94. The number of nitrogens with one attached hydrogen (secondary N) is 2. The SMILES string of the molecule is N[C@@H](CCC(=O)N[C@@H](CSC(F)(F)C(F)F)C(=O)NCC(=O)O)C(=O)O. The summed E-state index contributed by atoms with van der Waals surface area (Å²) in [5.41, 5.74) is 5.17. The van der Waals surface area contributed by atoms with E-state index < -0.39 is 78.0 Å². The number of nitrogens with two attached hydrogens (primary N) is 1. The lowest BCUT2D eigenvalue weighted by molar-refractivity contribution is -0.139. The first kappa shape index (κ1) is 23.9. The van der Waals surface area contributed by atoms with Crippen molar-refractivity contribution < 1.29 is 47.0 Å². The maximum atomic E-state index is 13.0. The van der Waals surface area contributed by atoms with Crippen molar-refractivity contribution in [1.29, 1.82) is 0 Å². The van der Waals surface area contributed by atoms with E-state index in [1.807, 2.05) is 10.6 Å². The molecular weight excluding hydrogens is 390 g/mol. The average Bonchev–Trinajstić information content (AvgIpc) is 2.53. The fourth-order valence-electron chi connectivity index (χ4n) is 1.40. The Kier molecular flexibility index (Phi) is 9.93. The average molecular weight is 407 g/mol. The molecule has 0 saturated carbocycles. The quantitative estimate of drug-likeness (QED) is 0.270. The van der Waals surface area contributed by atoms with Crippen LogP contribution in [0.3, 0.4) is 0 Å². The number of halogens is 4. The number of carbonyl (C=O) groups is 4. The number of alkyl halides is 4. The maximum Gasteiger partial charge on any atom is 0.353 e. The number of hydrogen-bond acceptors (Lipinski definition) is 6. The van der Waals surface area contributed by atoms with Crippen LogP contribution < -0.4 is 16.4 Å². The van der Waals surface area contributed by atoms with E-state index in [-0.39, 0.29) is 6.42 Å². The summed E-state index contributed by atoms with van der Waals surface area (Å²) >= 11 is -0.596. The third-order valence-corrected chi connectivity index (χ3v) is 3.82. The van der Waals surface area contributed by atoms with Crippen molar-refractivity contribution in [3.8, 4) is 0 Å². The number of thioether (sulfide) groups is 1. The summed E-state index contributed by atoms with van der Waals surface area (Å²) in [4.78, 5) is 44.4. The third-order valence-electron chi connectivity index (χ3n) is 2.76. The van der Waals surface area contributed by atoms with Gasteiger partial charge in [0.2, 0.25) is 11.8 Å². The van der Waals surface area contributed by atoms with E-state index in [0.29, 0.717) is 0 Å². The highest BCUT2D eigenvalue weighted by molar-refractivity contribution is 8.00. The van der Waals surface area contributed by atoms with Crippen molar-refractivity contribution in [2.75, 3.05) is 12.3 Å². The molecule has 0 aliphatic carbocycles. The van der Waals surface area contributed by atoms with Gasteiger partial charge in [-0.2, -0.15) is 8.78 Å². The molecule has 0 aliphatic heterocycles. The molecular formula is C12H17F4N3O6S. The van der Waals surface area contributed by atoms with Gasteiger partial charge in [-0.3, -0.25) is 19.2 Å². The fraction of sp³-hybridized carbons (Fsp3) is 0.667. The number of carbonyl (C=O) groups excluding carboxylic acids is 2. The van der Waals surface area contributed by atoms with Gasteiger partial charge in [0.15, 0.2) is 0 Å². The molecule has 6 N–H and O–H groups in total. The van der Waals surface area contributed by atoms with Gasteiger partial charge in [-0.15, -0.1) is 0 Å². The van der Waals surface area contributed by atoms with Crippen molar-refractivity contribution in [2.24, 2.45) is 5.73 Å². The van der Waals surface area contributed by atoms with Crippen LogP contribution in [0.4, 0.5) is 17.6 Å². The van der Waals surface area contributed by atoms with Gasteiger partial charge in [0, 0.05) is 12.2 Å².